The molecule has 0 aliphatic rings. The minimum absolute atomic E-state index is 1.20. The van der Waals surface area contributed by atoms with Crippen LogP contribution in [0, 0.1) is 0 Å². The first-order valence-electron chi connectivity index (χ1n) is 10.5. The molecule has 0 radical (unpaired) electrons. The summed E-state index contributed by atoms with van der Waals surface area (Å²) < 4.78 is 2.87. The van der Waals surface area contributed by atoms with Crippen molar-refractivity contribution in [3.05, 3.63) is 71.1 Å². The summed E-state index contributed by atoms with van der Waals surface area (Å²) in [6.45, 7) is 4.51. The monoisotopic (exact) mass is 404 g/mol. The summed E-state index contributed by atoms with van der Waals surface area (Å²) in [7, 11) is 0. The van der Waals surface area contributed by atoms with Gasteiger partial charge in [0.15, 0.2) is 0 Å². The summed E-state index contributed by atoms with van der Waals surface area (Å²) in [5, 5.41) is 0. The Kier molecular flexibility index (Phi) is 6.29. The molecule has 0 aliphatic heterocycles. The lowest BCUT2D eigenvalue weighted by Crippen LogP contribution is -1.86. The first-order valence-corrected chi connectivity index (χ1v) is 12.1. The number of benzene rings is 2. The predicted molar refractivity (Wildman–Crippen MR) is 128 cm³/mol. The molecule has 0 amide bonds. The van der Waals surface area contributed by atoms with E-state index in [-0.39, 0.29) is 0 Å². The average molecular weight is 405 g/mol. The van der Waals surface area contributed by atoms with E-state index in [0.717, 1.165) is 0 Å². The van der Waals surface area contributed by atoms with Crippen molar-refractivity contribution in [1.29, 1.82) is 0 Å². The second kappa shape index (κ2) is 9.07. The molecule has 2 heterocycles. The van der Waals surface area contributed by atoms with Gasteiger partial charge in [-0.2, -0.15) is 0 Å². The van der Waals surface area contributed by atoms with Crippen LogP contribution in [0.2, 0.25) is 0 Å². The molecular formula is C26H28S2. The normalized spacial score (nSPS) is 11.4. The van der Waals surface area contributed by atoms with Gasteiger partial charge in [0.1, 0.15) is 0 Å². The summed E-state index contributed by atoms with van der Waals surface area (Å²) in [6, 6.07) is 22.9. The highest BCUT2D eigenvalue weighted by Gasteiger charge is 2.08. The van der Waals surface area contributed by atoms with Crippen molar-refractivity contribution in [3.8, 4) is 21.6 Å². The smallest absolute Gasteiger partial charge is 0.0460 e. The number of hydrogen-bond donors (Lipinski definition) is 0. The fourth-order valence-corrected chi connectivity index (χ4v) is 6.20. The zero-order valence-electron chi connectivity index (χ0n) is 16.8. The van der Waals surface area contributed by atoms with Gasteiger partial charge in [-0.05, 0) is 53.6 Å². The van der Waals surface area contributed by atoms with Crippen LogP contribution in [0.3, 0.4) is 0 Å². The zero-order valence-corrected chi connectivity index (χ0v) is 18.5. The first-order chi connectivity index (χ1) is 13.8. The first kappa shape index (κ1) is 19.4. The highest BCUT2D eigenvalue weighted by molar-refractivity contribution is 7.29. The van der Waals surface area contributed by atoms with Gasteiger partial charge in [0.25, 0.3) is 0 Å². The maximum atomic E-state index is 2.38. The number of thiophene rings is 2. The van der Waals surface area contributed by atoms with Crippen molar-refractivity contribution < 1.29 is 0 Å². The average Bonchev–Trinajstić information content (AvgIpc) is 3.28. The van der Waals surface area contributed by atoms with Gasteiger partial charge in [-0.1, -0.05) is 81.6 Å². The standard InChI is InChI=1S/C26H28S2/c1-3-5-6-8-19-9-11-20(12-10-19)21-13-15-22(16-14-21)24-18-26-25(28-24)17-23(27-26)7-4-2/h9-18H,3-8H2,1-2H3. The Hall–Kier alpha value is -1.90. The lowest BCUT2D eigenvalue weighted by atomic mass is 10.0. The molecule has 2 aromatic carbocycles. The Morgan fingerprint density at radius 2 is 1.25 bits per heavy atom. The number of unbranched alkanes of at least 4 members (excludes halogenated alkanes) is 2. The van der Waals surface area contributed by atoms with Crippen LogP contribution in [-0.2, 0) is 12.8 Å². The molecule has 144 valence electrons. The lowest BCUT2D eigenvalue weighted by Gasteiger charge is -2.06. The summed E-state index contributed by atoms with van der Waals surface area (Å²) in [4.78, 5) is 2.89. The number of fused-ring (bicyclic) bond motifs is 1. The Morgan fingerprint density at radius 3 is 1.89 bits per heavy atom. The van der Waals surface area contributed by atoms with Crippen LogP contribution in [0.4, 0.5) is 0 Å². The molecule has 0 nitrogen and oxygen atoms in total. The zero-order chi connectivity index (χ0) is 19.3. The SMILES string of the molecule is CCCCCc1ccc(-c2ccc(-c3cc4sc(CCC)cc4s3)cc2)cc1. The van der Waals surface area contributed by atoms with Crippen molar-refractivity contribution in [2.45, 2.75) is 52.4 Å². The predicted octanol–water partition coefficient (Wildman–Crippen LogP) is 8.98. The Balaban J connectivity index is 1.48. The van der Waals surface area contributed by atoms with Crippen LogP contribution >= 0.6 is 22.7 Å². The van der Waals surface area contributed by atoms with Gasteiger partial charge >= 0.3 is 0 Å². The van der Waals surface area contributed by atoms with Gasteiger partial charge in [0, 0.05) is 19.2 Å². The third-order valence-electron chi connectivity index (χ3n) is 5.28. The van der Waals surface area contributed by atoms with E-state index in [1.165, 1.54) is 79.9 Å². The fourth-order valence-electron chi connectivity index (χ4n) is 3.67. The van der Waals surface area contributed by atoms with E-state index in [1.807, 2.05) is 22.7 Å². The van der Waals surface area contributed by atoms with E-state index >= 15 is 0 Å². The topological polar surface area (TPSA) is 0 Å². The van der Waals surface area contributed by atoms with E-state index in [9.17, 15) is 0 Å². The molecule has 0 atom stereocenters. The van der Waals surface area contributed by atoms with Crippen LogP contribution in [0.25, 0.3) is 31.0 Å². The lowest BCUT2D eigenvalue weighted by molar-refractivity contribution is 0.717. The summed E-state index contributed by atoms with van der Waals surface area (Å²) in [5.41, 5.74) is 5.38. The molecule has 0 unspecified atom stereocenters. The molecule has 4 rings (SSSR count). The van der Waals surface area contributed by atoms with E-state index in [0.29, 0.717) is 0 Å². The van der Waals surface area contributed by atoms with E-state index in [1.54, 1.807) is 0 Å². The number of hydrogen-bond acceptors (Lipinski definition) is 2. The van der Waals surface area contributed by atoms with Gasteiger partial charge in [-0.3, -0.25) is 0 Å². The molecule has 0 fully saturated rings. The van der Waals surface area contributed by atoms with Gasteiger partial charge < -0.3 is 0 Å². The number of rotatable bonds is 8. The molecule has 0 saturated heterocycles. The van der Waals surface area contributed by atoms with Crippen LogP contribution < -0.4 is 0 Å². The van der Waals surface area contributed by atoms with Crippen molar-refractivity contribution in [1.82, 2.24) is 0 Å². The van der Waals surface area contributed by atoms with E-state index < -0.39 is 0 Å². The van der Waals surface area contributed by atoms with Gasteiger partial charge in [-0.25, -0.2) is 0 Å². The third kappa shape index (κ3) is 4.39. The van der Waals surface area contributed by atoms with Gasteiger partial charge in [-0.15, -0.1) is 22.7 Å². The Morgan fingerprint density at radius 1 is 0.607 bits per heavy atom. The molecule has 2 aromatic heterocycles. The third-order valence-corrected chi connectivity index (χ3v) is 7.68. The van der Waals surface area contributed by atoms with Gasteiger partial charge in [0.2, 0.25) is 0 Å². The van der Waals surface area contributed by atoms with Crippen molar-refractivity contribution >= 4 is 32.1 Å². The number of aryl methyl sites for hydroxylation is 2. The second-order valence-corrected chi connectivity index (χ2v) is 9.79. The molecule has 0 saturated carbocycles. The highest BCUT2D eigenvalue weighted by Crippen LogP contribution is 2.39. The molecule has 0 bridgehead atoms. The molecule has 4 aromatic rings. The van der Waals surface area contributed by atoms with Crippen molar-refractivity contribution in [2.24, 2.45) is 0 Å². The minimum atomic E-state index is 1.20. The van der Waals surface area contributed by atoms with Crippen LogP contribution in [0.5, 0.6) is 0 Å². The van der Waals surface area contributed by atoms with E-state index in [4.69, 9.17) is 0 Å². The maximum absolute atomic E-state index is 2.38. The van der Waals surface area contributed by atoms with Crippen LogP contribution in [0.15, 0.2) is 60.7 Å². The van der Waals surface area contributed by atoms with Crippen molar-refractivity contribution in [2.75, 3.05) is 0 Å². The second-order valence-electron chi connectivity index (χ2n) is 7.53. The Labute approximate surface area is 176 Å². The van der Waals surface area contributed by atoms with Crippen LogP contribution in [-0.4, -0.2) is 0 Å². The molecule has 28 heavy (non-hydrogen) atoms. The molecule has 2 heteroatoms. The molecular weight excluding hydrogens is 376 g/mol. The molecule has 0 spiro atoms. The van der Waals surface area contributed by atoms with Crippen LogP contribution in [0.1, 0.15) is 50.0 Å². The highest BCUT2D eigenvalue weighted by atomic mass is 32.1. The van der Waals surface area contributed by atoms with E-state index in [2.05, 4.69) is 74.5 Å². The molecule has 0 aliphatic carbocycles. The fraction of sp³-hybridized carbons (Fsp3) is 0.308. The molecule has 0 N–H and O–H groups in total. The quantitative estimate of drug-likeness (QED) is 0.257. The Bertz CT molecular complexity index is 985. The summed E-state index contributed by atoms with van der Waals surface area (Å²) >= 11 is 3.88. The minimum Gasteiger partial charge on any atom is -0.139 e. The summed E-state index contributed by atoms with van der Waals surface area (Å²) in [6.07, 6.45) is 7.52. The maximum Gasteiger partial charge on any atom is 0.0460 e. The largest absolute Gasteiger partial charge is 0.139 e. The van der Waals surface area contributed by atoms with Gasteiger partial charge in [0.05, 0.1) is 0 Å². The summed E-state index contributed by atoms with van der Waals surface area (Å²) in [5.74, 6) is 0. The van der Waals surface area contributed by atoms with Crippen molar-refractivity contribution in [3.63, 3.8) is 0 Å².